The fourth-order valence-electron chi connectivity index (χ4n) is 9.26. The number of aromatic nitrogens is 2. The van der Waals surface area contributed by atoms with Gasteiger partial charge in [-0.1, -0.05) is 75.3 Å². The minimum Gasteiger partial charge on any atom is -0.481 e. The number of benzene rings is 3. The van der Waals surface area contributed by atoms with Gasteiger partial charge in [0.1, 0.15) is 30.0 Å². The Kier molecular flexibility index (Phi) is 29.4. The van der Waals surface area contributed by atoms with Crippen LogP contribution in [0.5, 0.6) is 0 Å². The molecule has 28 nitrogen and oxygen atoms in total. The number of hydrogen-bond donors (Lipinski definition) is 14. The quantitative estimate of drug-likeness (QED) is 0.0260. The number of fused-ring (bicyclic) bond motifs is 1. The monoisotopic (exact) mass is 1230 g/mol. The van der Waals surface area contributed by atoms with E-state index in [4.69, 9.17) is 16.6 Å². The van der Waals surface area contributed by atoms with Crippen molar-refractivity contribution in [3.63, 3.8) is 0 Å². The molecule has 0 aliphatic carbocycles. The lowest BCUT2D eigenvalue weighted by Crippen LogP contribution is -2.49. The molecule has 478 valence electrons. The number of urea groups is 1. The van der Waals surface area contributed by atoms with Crippen LogP contribution in [0.3, 0.4) is 0 Å². The summed E-state index contributed by atoms with van der Waals surface area (Å²) < 4.78 is 15.5. The van der Waals surface area contributed by atoms with E-state index in [0.717, 1.165) is 68.1 Å². The van der Waals surface area contributed by atoms with Crippen LogP contribution < -0.4 is 48.7 Å². The first-order valence-corrected chi connectivity index (χ1v) is 28.9. The summed E-state index contributed by atoms with van der Waals surface area (Å²) in [4.78, 5) is 146. The first-order valence-electron chi connectivity index (χ1n) is 28.9. The van der Waals surface area contributed by atoms with Gasteiger partial charge in [0, 0.05) is 50.8 Å². The Morgan fingerprint density at radius 1 is 0.545 bits per heavy atom. The number of nitrogens with one attached hydrogen (secondary N) is 7. The highest BCUT2D eigenvalue weighted by Crippen LogP contribution is 2.33. The van der Waals surface area contributed by atoms with Gasteiger partial charge in [0.2, 0.25) is 35.4 Å². The van der Waals surface area contributed by atoms with Crippen LogP contribution in [0.4, 0.5) is 26.4 Å². The minimum atomic E-state index is -1.69. The molecule has 4 aromatic rings. The molecular weight excluding hydrogens is 1150 g/mol. The highest BCUT2D eigenvalue weighted by Gasteiger charge is 2.29. The van der Waals surface area contributed by atoms with Crippen LogP contribution in [-0.2, 0) is 47.9 Å². The number of unbranched alkanes of at least 4 members (excludes halogenated alkanes) is 8. The van der Waals surface area contributed by atoms with Gasteiger partial charge in [-0.2, -0.15) is 4.68 Å². The van der Waals surface area contributed by atoms with E-state index in [1.807, 2.05) is 12.1 Å². The number of amides is 7. The summed E-state index contributed by atoms with van der Waals surface area (Å²) in [5.41, 5.74) is 15.8. The number of halogens is 1. The number of anilines is 3. The van der Waals surface area contributed by atoms with Crippen LogP contribution in [0.15, 0.2) is 60.7 Å². The lowest BCUT2D eigenvalue weighted by molar-refractivity contribution is -0.144. The molecule has 0 saturated heterocycles. The largest absolute Gasteiger partial charge is 0.481 e. The van der Waals surface area contributed by atoms with E-state index in [1.54, 1.807) is 43.3 Å². The van der Waals surface area contributed by atoms with Gasteiger partial charge in [-0.15, -0.1) is 5.10 Å². The van der Waals surface area contributed by atoms with E-state index in [0.29, 0.717) is 36.0 Å². The van der Waals surface area contributed by atoms with Gasteiger partial charge in [-0.25, -0.2) is 28.4 Å². The molecule has 7 amide bonds. The minimum absolute atomic E-state index is 0.0316. The molecule has 29 heteroatoms. The van der Waals surface area contributed by atoms with E-state index in [-0.39, 0.29) is 42.6 Å². The predicted molar refractivity (Wildman–Crippen MR) is 318 cm³/mol. The Bertz CT molecular complexity index is 3120. The lowest BCUT2D eigenvalue weighted by Gasteiger charge is -2.19. The van der Waals surface area contributed by atoms with E-state index in [9.17, 15) is 82.4 Å². The van der Waals surface area contributed by atoms with E-state index < -0.39 is 147 Å². The molecule has 0 bridgehead atoms. The topological polar surface area (TPSA) is 460 Å². The third-order valence-electron chi connectivity index (χ3n) is 14.1. The molecule has 3 aromatic carbocycles. The average Bonchev–Trinajstić information content (AvgIpc) is 2.19. The van der Waals surface area contributed by atoms with Gasteiger partial charge in [-0.3, -0.25) is 33.6 Å². The normalized spacial score (nSPS) is 12.7. The number of hydrogen-bond acceptors (Lipinski definition) is 15. The van der Waals surface area contributed by atoms with Crippen LogP contribution in [-0.4, -0.2) is 143 Å². The Balaban J connectivity index is 1.04. The predicted octanol–water partition coefficient (Wildman–Crippen LogP) is 5.02. The summed E-state index contributed by atoms with van der Waals surface area (Å²) in [5, 5.41) is 68.4. The molecule has 0 aliphatic heterocycles. The number of nitrogens with zero attached hydrogens (tertiary/aromatic N) is 2. The van der Waals surface area contributed by atoms with Gasteiger partial charge < -0.3 is 74.2 Å². The van der Waals surface area contributed by atoms with Crippen molar-refractivity contribution in [3.05, 3.63) is 72.0 Å². The SMILES string of the molecule is Cc1ccc(F)c(NC(=O)Nc2ccc(-c3cccc4c3c(N)nn4C(=O)CCCCCCCCCCCNC(=O)CCC[C@H](N)C(=O)N[C@@H](CCC(=O)N[C@@H](CCC(=O)N[C@@H](CCC(=O)N[C@@H](CCC(=O)O)C(=O)O)C(=O)O)C(=O)O)C(=O)O)cc2)c1. The Hall–Kier alpha value is -9.54. The summed E-state index contributed by atoms with van der Waals surface area (Å²) in [6.07, 6.45) is 4.43. The maximum atomic E-state index is 14.1. The number of rotatable bonds is 40. The number of nitrogens with two attached hydrogens (primary N) is 2. The number of aryl methyl sites for hydroxylation is 1. The Morgan fingerprint density at radius 3 is 1.57 bits per heavy atom. The second-order valence-electron chi connectivity index (χ2n) is 21.1. The zero-order chi connectivity index (χ0) is 64.9. The molecule has 0 radical (unpaired) electrons. The van der Waals surface area contributed by atoms with E-state index in [2.05, 4.69) is 42.3 Å². The van der Waals surface area contributed by atoms with Crippen molar-refractivity contribution >= 4 is 99.4 Å². The van der Waals surface area contributed by atoms with Crippen molar-refractivity contribution in [3.8, 4) is 11.1 Å². The second-order valence-corrected chi connectivity index (χ2v) is 21.1. The van der Waals surface area contributed by atoms with Crippen LogP contribution in [0, 0.1) is 12.7 Å². The van der Waals surface area contributed by atoms with Gasteiger partial charge in [0.05, 0.1) is 22.6 Å². The van der Waals surface area contributed by atoms with E-state index in [1.165, 1.54) is 16.8 Å². The molecule has 16 N–H and O–H groups in total. The Morgan fingerprint density at radius 2 is 1.05 bits per heavy atom. The Labute approximate surface area is 505 Å². The number of carbonyl (C=O) groups excluding carboxylic acids is 7. The third-order valence-corrected chi connectivity index (χ3v) is 14.1. The van der Waals surface area contributed by atoms with E-state index >= 15 is 0 Å². The van der Waals surface area contributed by atoms with Crippen LogP contribution in [0.2, 0.25) is 0 Å². The number of carboxylic acid groups (broad SMARTS) is 5. The second kappa shape index (κ2) is 36.5. The molecule has 0 aliphatic rings. The number of nitrogen functional groups attached to an aromatic ring is 1. The van der Waals surface area contributed by atoms with Gasteiger partial charge >= 0.3 is 35.9 Å². The summed E-state index contributed by atoms with van der Waals surface area (Å²) in [6, 6.07) is 8.62. The lowest BCUT2D eigenvalue weighted by atomic mass is 10.0. The van der Waals surface area contributed by atoms with Crippen LogP contribution in [0.1, 0.15) is 145 Å². The molecule has 5 atom stereocenters. The summed E-state index contributed by atoms with van der Waals surface area (Å²) >= 11 is 0. The van der Waals surface area contributed by atoms with Crippen molar-refractivity contribution in [1.82, 2.24) is 36.4 Å². The number of aliphatic carboxylic acids is 5. The number of carboxylic acids is 5. The molecule has 1 heterocycles. The van der Waals surface area contributed by atoms with Crippen molar-refractivity contribution in [2.75, 3.05) is 22.9 Å². The molecule has 88 heavy (non-hydrogen) atoms. The zero-order valence-corrected chi connectivity index (χ0v) is 48.8. The molecule has 0 unspecified atom stereocenters. The van der Waals surface area contributed by atoms with Gasteiger partial charge in [0.25, 0.3) is 0 Å². The first-order chi connectivity index (χ1) is 41.8. The average molecular weight is 1230 g/mol. The fourth-order valence-corrected chi connectivity index (χ4v) is 9.26. The fraction of sp³-hybridized carbons (Fsp3) is 0.475. The summed E-state index contributed by atoms with van der Waals surface area (Å²) in [5.74, 6) is -12.0. The molecule has 0 spiro atoms. The van der Waals surface area contributed by atoms with Crippen LogP contribution in [0.25, 0.3) is 22.0 Å². The molecule has 1 aromatic heterocycles. The maximum absolute atomic E-state index is 14.1. The molecular formula is C59H78FN11O17. The highest BCUT2D eigenvalue weighted by atomic mass is 19.1. The standard InChI is InChI=1S/C59H78FN11O17/c1-34-18-23-38(60)44(33-34)69-59(88)64-36-21-19-35(20-22-36)37-13-11-15-45-52(37)53(62)70-71(45)50(76)17-9-7-5-3-2-4-6-8-10-32-63-46(72)16-12-14-39(61)54(79)68-43(58(86)87)26-30-49(75)66-41(56(82)83)24-28-47(73)65-40(55(80)81)25-29-48(74)67-42(57(84)85)27-31-51(77)78/h11,13,15,18-23,33,39-43H,2-10,12,14,16-17,24-32,61H2,1H3,(H2,62,70)(H,63,72)(H,65,73)(H,66,75)(H,67,74)(H,68,79)(H,77,78)(H,80,81)(H,82,83)(H,84,85)(H,86,87)(H2,64,69,88)/t39-,40-,41-,42-,43-/m0/s1. The highest BCUT2D eigenvalue weighted by molar-refractivity contribution is 6.06. The smallest absolute Gasteiger partial charge is 0.326 e. The number of carbonyl (C=O) groups is 12. The molecule has 4 rings (SSSR count). The van der Waals surface area contributed by atoms with Crippen LogP contribution >= 0.6 is 0 Å². The zero-order valence-electron chi connectivity index (χ0n) is 48.8. The summed E-state index contributed by atoms with van der Waals surface area (Å²) in [6.45, 7) is 2.25. The molecule has 0 fully saturated rings. The molecule has 0 saturated carbocycles. The van der Waals surface area contributed by atoms with Gasteiger partial charge in [-0.05, 0) is 105 Å². The van der Waals surface area contributed by atoms with Crippen molar-refractivity contribution in [1.29, 1.82) is 0 Å². The van der Waals surface area contributed by atoms with Gasteiger partial charge in [0.15, 0.2) is 5.82 Å². The van der Waals surface area contributed by atoms with Crippen molar-refractivity contribution in [2.24, 2.45) is 5.73 Å². The third kappa shape index (κ3) is 24.8. The van der Waals surface area contributed by atoms with Crippen molar-refractivity contribution in [2.45, 2.75) is 172 Å². The maximum Gasteiger partial charge on any atom is 0.326 e. The van der Waals surface area contributed by atoms with Crippen molar-refractivity contribution < 1.29 is 87.5 Å². The first kappa shape index (κ1) is 70.9. The summed E-state index contributed by atoms with van der Waals surface area (Å²) in [7, 11) is 0.